The Balaban J connectivity index is 2.84. The Morgan fingerprint density at radius 1 is 1.21 bits per heavy atom. The number of carboxylic acid groups (broad SMARTS) is 1. The Labute approximate surface area is 85.6 Å². The number of hydrogen-bond donors (Lipinski definition) is 1. The third-order valence-corrected chi connectivity index (χ3v) is 4.24. The van der Waals surface area contributed by atoms with Crippen molar-refractivity contribution in [2.45, 2.75) is 26.1 Å². The highest BCUT2D eigenvalue weighted by molar-refractivity contribution is 6.88. The summed E-state index contributed by atoms with van der Waals surface area (Å²) in [6.45, 7) is 6.83. The topological polar surface area (TPSA) is 37.3 Å². The Morgan fingerprint density at radius 2 is 1.71 bits per heavy atom. The molecule has 0 heterocycles. The van der Waals surface area contributed by atoms with Gasteiger partial charge in [-0.15, -0.1) is 0 Å². The zero-order valence-electron chi connectivity index (χ0n) is 8.87. The van der Waals surface area contributed by atoms with E-state index < -0.39 is 14.0 Å². The van der Waals surface area contributed by atoms with E-state index in [4.69, 9.17) is 5.11 Å². The third kappa shape index (κ3) is 2.99. The molecular formula is C11H16O2Si. The summed E-state index contributed by atoms with van der Waals surface area (Å²) in [5.41, 5.74) is 0.875. The van der Waals surface area contributed by atoms with E-state index in [-0.39, 0.29) is 6.42 Å². The zero-order valence-corrected chi connectivity index (χ0v) is 9.87. The fourth-order valence-electron chi connectivity index (χ4n) is 1.30. The number of rotatable bonds is 3. The van der Waals surface area contributed by atoms with Gasteiger partial charge >= 0.3 is 5.97 Å². The number of carboxylic acids is 1. The lowest BCUT2D eigenvalue weighted by molar-refractivity contribution is -0.136. The van der Waals surface area contributed by atoms with Crippen LogP contribution in [0.25, 0.3) is 0 Å². The lowest BCUT2D eigenvalue weighted by Gasteiger charge is -2.16. The lowest BCUT2D eigenvalue weighted by atomic mass is 10.2. The minimum atomic E-state index is -1.24. The first kappa shape index (κ1) is 11.0. The minimum Gasteiger partial charge on any atom is -0.481 e. The van der Waals surface area contributed by atoms with Gasteiger partial charge < -0.3 is 5.11 Å². The van der Waals surface area contributed by atoms with Gasteiger partial charge in [0.2, 0.25) is 0 Å². The standard InChI is InChI=1S/C11H16O2Si/c1-14(2,3)10-6-4-9(5-7-10)8-11(12)13/h4-7H,8H2,1-3H3,(H,12,13). The molecule has 0 aliphatic carbocycles. The van der Waals surface area contributed by atoms with Crippen LogP contribution in [0, 0.1) is 0 Å². The lowest BCUT2D eigenvalue weighted by Crippen LogP contribution is -2.37. The molecule has 2 nitrogen and oxygen atoms in total. The van der Waals surface area contributed by atoms with Crippen LogP contribution in [-0.4, -0.2) is 19.1 Å². The minimum absolute atomic E-state index is 0.117. The van der Waals surface area contributed by atoms with Crippen molar-refractivity contribution in [3.8, 4) is 0 Å². The van der Waals surface area contributed by atoms with Gasteiger partial charge in [0.15, 0.2) is 0 Å². The molecule has 14 heavy (non-hydrogen) atoms. The highest BCUT2D eigenvalue weighted by Gasteiger charge is 2.15. The Kier molecular flexibility index (Phi) is 3.11. The molecule has 0 aromatic heterocycles. The molecule has 0 radical (unpaired) electrons. The van der Waals surface area contributed by atoms with Crippen LogP contribution in [0.1, 0.15) is 5.56 Å². The van der Waals surface area contributed by atoms with Crippen molar-refractivity contribution >= 4 is 19.2 Å². The largest absolute Gasteiger partial charge is 0.481 e. The molecule has 0 fully saturated rings. The Bertz CT molecular complexity index is 322. The van der Waals surface area contributed by atoms with Crippen LogP contribution in [0.4, 0.5) is 0 Å². The van der Waals surface area contributed by atoms with Gasteiger partial charge in [0, 0.05) is 0 Å². The highest BCUT2D eigenvalue weighted by atomic mass is 28.3. The van der Waals surface area contributed by atoms with Crippen molar-refractivity contribution in [1.29, 1.82) is 0 Å². The fraction of sp³-hybridized carbons (Fsp3) is 0.364. The van der Waals surface area contributed by atoms with Crippen molar-refractivity contribution in [1.82, 2.24) is 0 Å². The van der Waals surface area contributed by atoms with E-state index in [9.17, 15) is 4.79 Å². The maximum absolute atomic E-state index is 10.5. The van der Waals surface area contributed by atoms with Crippen LogP contribution in [0.3, 0.4) is 0 Å². The predicted molar refractivity (Wildman–Crippen MR) is 60.8 cm³/mol. The van der Waals surface area contributed by atoms with Crippen molar-refractivity contribution in [2.24, 2.45) is 0 Å². The second kappa shape index (κ2) is 3.96. The van der Waals surface area contributed by atoms with Crippen molar-refractivity contribution in [3.05, 3.63) is 29.8 Å². The average Bonchev–Trinajstić information content (AvgIpc) is 2.02. The first-order valence-electron chi connectivity index (χ1n) is 4.71. The van der Waals surface area contributed by atoms with Crippen LogP contribution in [-0.2, 0) is 11.2 Å². The number of hydrogen-bond acceptors (Lipinski definition) is 1. The molecule has 1 aromatic rings. The molecule has 0 aliphatic heterocycles. The molecule has 76 valence electrons. The van der Waals surface area contributed by atoms with E-state index in [0.717, 1.165) is 5.56 Å². The first-order valence-corrected chi connectivity index (χ1v) is 8.21. The van der Waals surface area contributed by atoms with Gasteiger partial charge in [-0.2, -0.15) is 0 Å². The Hall–Kier alpha value is -1.09. The molecule has 0 saturated carbocycles. The van der Waals surface area contributed by atoms with Gasteiger partial charge in [-0.3, -0.25) is 4.79 Å². The normalized spacial score (nSPS) is 11.4. The van der Waals surface area contributed by atoms with E-state index in [0.29, 0.717) is 0 Å². The van der Waals surface area contributed by atoms with Gasteiger partial charge in [-0.1, -0.05) is 49.1 Å². The molecule has 0 aliphatic rings. The maximum Gasteiger partial charge on any atom is 0.307 e. The summed E-state index contributed by atoms with van der Waals surface area (Å²) in [6.07, 6.45) is 0.117. The van der Waals surface area contributed by atoms with Gasteiger partial charge in [-0.25, -0.2) is 0 Å². The summed E-state index contributed by atoms with van der Waals surface area (Å²) in [4.78, 5) is 10.5. The van der Waals surface area contributed by atoms with Crippen LogP contribution in [0.15, 0.2) is 24.3 Å². The van der Waals surface area contributed by atoms with E-state index in [1.54, 1.807) is 0 Å². The number of benzene rings is 1. The van der Waals surface area contributed by atoms with Crippen LogP contribution in [0.2, 0.25) is 19.6 Å². The highest BCUT2D eigenvalue weighted by Crippen LogP contribution is 2.05. The molecule has 1 rings (SSSR count). The fourth-order valence-corrected chi connectivity index (χ4v) is 2.46. The Morgan fingerprint density at radius 3 is 2.07 bits per heavy atom. The van der Waals surface area contributed by atoms with Crippen LogP contribution >= 0.6 is 0 Å². The number of carbonyl (C=O) groups is 1. The summed E-state index contributed by atoms with van der Waals surface area (Å²) in [6, 6.07) is 7.96. The van der Waals surface area contributed by atoms with Gasteiger partial charge in [0.1, 0.15) is 0 Å². The van der Waals surface area contributed by atoms with E-state index in [1.807, 2.05) is 12.1 Å². The predicted octanol–water partition coefficient (Wildman–Crippen LogP) is 1.86. The van der Waals surface area contributed by atoms with Crippen LogP contribution < -0.4 is 5.19 Å². The summed E-state index contributed by atoms with van der Waals surface area (Å²) in [7, 11) is -1.24. The quantitative estimate of drug-likeness (QED) is 0.770. The molecule has 0 saturated heterocycles. The maximum atomic E-state index is 10.5. The van der Waals surface area contributed by atoms with E-state index >= 15 is 0 Å². The molecule has 1 aromatic carbocycles. The SMILES string of the molecule is C[Si](C)(C)c1ccc(CC(=O)O)cc1. The first-order chi connectivity index (χ1) is 6.39. The van der Waals surface area contributed by atoms with E-state index in [1.165, 1.54) is 5.19 Å². The van der Waals surface area contributed by atoms with Gasteiger partial charge in [0.25, 0.3) is 0 Å². The molecule has 0 atom stereocenters. The second-order valence-electron chi connectivity index (χ2n) is 4.52. The van der Waals surface area contributed by atoms with Crippen LogP contribution in [0.5, 0.6) is 0 Å². The molecule has 0 unspecified atom stereocenters. The summed E-state index contributed by atoms with van der Waals surface area (Å²) in [5, 5.41) is 9.97. The molecule has 1 N–H and O–H groups in total. The third-order valence-electron chi connectivity index (χ3n) is 2.18. The van der Waals surface area contributed by atoms with Crippen molar-refractivity contribution in [2.75, 3.05) is 0 Å². The molecule has 3 heteroatoms. The van der Waals surface area contributed by atoms with E-state index in [2.05, 4.69) is 31.8 Å². The molecule has 0 spiro atoms. The van der Waals surface area contributed by atoms with Gasteiger partial charge in [0.05, 0.1) is 14.5 Å². The van der Waals surface area contributed by atoms with Gasteiger partial charge in [-0.05, 0) is 5.56 Å². The second-order valence-corrected chi connectivity index (χ2v) is 9.59. The monoisotopic (exact) mass is 208 g/mol. The smallest absolute Gasteiger partial charge is 0.307 e. The summed E-state index contributed by atoms with van der Waals surface area (Å²) in [5.74, 6) is -0.772. The summed E-state index contributed by atoms with van der Waals surface area (Å²) >= 11 is 0. The van der Waals surface area contributed by atoms with Crippen molar-refractivity contribution in [3.63, 3.8) is 0 Å². The summed E-state index contributed by atoms with van der Waals surface area (Å²) < 4.78 is 0. The average molecular weight is 208 g/mol. The molecular weight excluding hydrogens is 192 g/mol. The van der Waals surface area contributed by atoms with Crippen molar-refractivity contribution < 1.29 is 9.90 Å². The number of aliphatic carboxylic acids is 1. The molecule has 0 bridgehead atoms. The zero-order chi connectivity index (χ0) is 10.8. The molecule has 0 amide bonds.